The highest BCUT2D eigenvalue weighted by molar-refractivity contribution is 6.05. The number of ether oxygens (including phenoxy) is 3. The van der Waals surface area contributed by atoms with Crippen LogP contribution in [0.1, 0.15) is 17.5 Å². The Labute approximate surface area is 159 Å². The van der Waals surface area contributed by atoms with Crippen LogP contribution in [0.5, 0.6) is 11.5 Å². The Morgan fingerprint density at radius 1 is 1.22 bits per heavy atom. The summed E-state index contributed by atoms with van der Waals surface area (Å²) in [7, 11) is 4.86. The lowest BCUT2D eigenvalue weighted by Gasteiger charge is -2.52. The third kappa shape index (κ3) is 2.60. The fourth-order valence-electron chi connectivity index (χ4n) is 4.83. The summed E-state index contributed by atoms with van der Waals surface area (Å²) < 4.78 is 16.5. The van der Waals surface area contributed by atoms with Crippen LogP contribution in [-0.2, 0) is 21.4 Å². The van der Waals surface area contributed by atoms with Crippen molar-refractivity contribution >= 4 is 5.78 Å². The third-order valence-electron chi connectivity index (χ3n) is 6.08. The number of carbonyl (C=O) groups excluding carboxylic acids is 1. The number of rotatable bonds is 5. The minimum atomic E-state index is -0.339. The van der Waals surface area contributed by atoms with Crippen molar-refractivity contribution in [2.24, 2.45) is 0 Å². The molecule has 0 N–H and O–H groups in total. The third-order valence-corrected chi connectivity index (χ3v) is 6.08. The maximum atomic E-state index is 12.5. The molecule has 2 aliphatic carbocycles. The van der Waals surface area contributed by atoms with Crippen molar-refractivity contribution in [3.63, 3.8) is 0 Å². The fraction of sp³-hybridized carbons (Fsp3) is 0.409. The summed E-state index contributed by atoms with van der Waals surface area (Å²) in [5, 5.41) is 0. The zero-order chi connectivity index (χ0) is 19.2. The largest absolute Gasteiger partial charge is 0.493 e. The summed E-state index contributed by atoms with van der Waals surface area (Å²) in [6.45, 7) is 5.46. The van der Waals surface area contributed by atoms with Crippen LogP contribution in [0, 0.1) is 0 Å². The molecule has 0 amide bonds. The molecule has 0 aromatic heterocycles. The van der Waals surface area contributed by atoms with Crippen molar-refractivity contribution in [3.8, 4) is 11.5 Å². The number of likely N-dealkylation sites (tertiary alicyclic amines) is 1. The number of piperidine rings is 1. The molecule has 5 nitrogen and oxygen atoms in total. The van der Waals surface area contributed by atoms with Crippen molar-refractivity contribution in [3.05, 3.63) is 59.4 Å². The van der Waals surface area contributed by atoms with E-state index in [4.69, 9.17) is 14.2 Å². The van der Waals surface area contributed by atoms with Gasteiger partial charge in [0, 0.05) is 24.5 Å². The fourth-order valence-corrected chi connectivity index (χ4v) is 4.83. The lowest BCUT2D eigenvalue weighted by Crippen LogP contribution is -2.55. The summed E-state index contributed by atoms with van der Waals surface area (Å²) in [4.78, 5) is 14.9. The van der Waals surface area contributed by atoms with Gasteiger partial charge in [-0.15, -0.1) is 6.58 Å². The number of hydrogen-bond donors (Lipinski definition) is 0. The minimum absolute atomic E-state index is 0.0669. The van der Waals surface area contributed by atoms with E-state index in [1.54, 1.807) is 27.4 Å². The number of ketones is 1. The van der Waals surface area contributed by atoms with E-state index in [9.17, 15) is 4.79 Å². The number of benzene rings is 1. The van der Waals surface area contributed by atoms with Gasteiger partial charge in [-0.25, -0.2) is 0 Å². The summed E-state index contributed by atoms with van der Waals surface area (Å²) >= 11 is 0. The maximum Gasteiger partial charge on any atom is 0.220 e. The minimum Gasteiger partial charge on any atom is -0.493 e. The zero-order valence-corrected chi connectivity index (χ0v) is 16.1. The average Bonchev–Trinajstić information content (AvgIpc) is 2.68. The van der Waals surface area contributed by atoms with Crippen LogP contribution in [0.2, 0.25) is 0 Å². The second-order valence-electron chi connectivity index (χ2n) is 7.36. The van der Waals surface area contributed by atoms with Crippen molar-refractivity contribution < 1.29 is 19.0 Å². The van der Waals surface area contributed by atoms with Crippen LogP contribution in [-0.4, -0.2) is 51.1 Å². The van der Waals surface area contributed by atoms with Crippen LogP contribution in [0.3, 0.4) is 0 Å². The molecule has 2 bridgehead atoms. The number of allylic oxidation sites excluding steroid dienone is 2. The highest BCUT2D eigenvalue weighted by atomic mass is 16.5. The predicted molar refractivity (Wildman–Crippen MR) is 103 cm³/mol. The maximum absolute atomic E-state index is 12.5. The second-order valence-corrected chi connectivity index (χ2v) is 7.36. The summed E-state index contributed by atoms with van der Waals surface area (Å²) in [6, 6.07) is 4.52. The van der Waals surface area contributed by atoms with Crippen LogP contribution in [0.4, 0.5) is 0 Å². The molecule has 1 aromatic carbocycles. The molecule has 1 aliphatic heterocycles. The SMILES string of the molecule is C=CCN1CC2=CC(=O)C(OC)=CC23CC1Cc1cc(OC)c(OC)cc13. The molecule has 5 heteroatoms. The van der Waals surface area contributed by atoms with Gasteiger partial charge in [0.1, 0.15) is 0 Å². The van der Waals surface area contributed by atoms with Crippen molar-refractivity contribution in [2.45, 2.75) is 24.3 Å². The molecule has 0 radical (unpaired) electrons. The highest BCUT2D eigenvalue weighted by Crippen LogP contribution is 2.52. The highest BCUT2D eigenvalue weighted by Gasteiger charge is 2.50. The zero-order valence-electron chi connectivity index (χ0n) is 16.1. The first-order valence-corrected chi connectivity index (χ1v) is 9.18. The van der Waals surface area contributed by atoms with Gasteiger partial charge in [-0.3, -0.25) is 9.69 Å². The molecule has 1 saturated heterocycles. The van der Waals surface area contributed by atoms with E-state index in [-0.39, 0.29) is 11.2 Å². The van der Waals surface area contributed by atoms with E-state index < -0.39 is 0 Å². The van der Waals surface area contributed by atoms with Gasteiger partial charge in [-0.2, -0.15) is 0 Å². The first-order valence-electron chi connectivity index (χ1n) is 9.18. The molecule has 1 fully saturated rings. The van der Waals surface area contributed by atoms with E-state index in [1.165, 1.54) is 11.1 Å². The van der Waals surface area contributed by atoms with Gasteiger partial charge >= 0.3 is 0 Å². The molecular weight excluding hydrogens is 342 g/mol. The van der Waals surface area contributed by atoms with Crippen molar-refractivity contribution in [1.82, 2.24) is 4.90 Å². The predicted octanol–water partition coefficient (Wildman–Crippen LogP) is 2.80. The van der Waals surface area contributed by atoms with Gasteiger partial charge in [0.2, 0.25) is 5.78 Å². The Morgan fingerprint density at radius 3 is 2.63 bits per heavy atom. The number of nitrogens with zero attached hydrogens (tertiary/aromatic N) is 1. The number of methoxy groups -OCH3 is 3. The van der Waals surface area contributed by atoms with Gasteiger partial charge in [-0.05, 0) is 53.8 Å². The van der Waals surface area contributed by atoms with Gasteiger partial charge in [-0.1, -0.05) is 6.08 Å². The first-order chi connectivity index (χ1) is 13.1. The second kappa shape index (κ2) is 6.57. The smallest absolute Gasteiger partial charge is 0.220 e. The molecule has 1 heterocycles. The van der Waals surface area contributed by atoms with Crippen LogP contribution < -0.4 is 9.47 Å². The van der Waals surface area contributed by atoms with Gasteiger partial charge < -0.3 is 14.2 Å². The lowest BCUT2D eigenvalue weighted by atomic mass is 9.59. The van der Waals surface area contributed by atoms with E-state index in [0.717, 1.165) is 37.3 Å². The summed E-state index contributed by atoms with van der Waals surface area (Å²) in [5.74, 6) is 1.79. The standard InChI is InChI=1S/C22H25NO4/c1-5-6-23-13-15-9-18(24)21(27-4)12-22(15)11-16(23)7-14-8-19(25-2)20(26-3)10-17(14)22/h5,8-10,12,16H,1,6-7,11,13H2,2-4H3. The molecule has 2 atom stereocenters. The van der Waals surface area contributed by atoms with Gasteiger partial charge in [0.25, 0.3) is 0 Å². The van der Waals surface area contributed by atoms with Crippen LogP contribution >= 0.6 is 0 Å². The number of hydrogen-bond acceptors (Lipinski definition) is 5. The van der Waals surface area contributed by atoms with Crippen LogP contribution in [0.15, 0.2) is 48.3 Å². The van der Waals surface area contributed by atoms with Gasteiger partial charge in [0.05, 0.1) is 21.3 Å². The molecule has 1 spiro atoms. The summed E-state index contributed by atoms with van der Waals surface area (Å²) in [6.07, 6.45) is 7.56. The Bertz CT molecular complexity index is 869. The summed E-state index contributed by atoms with van der Waals surface area (Å²) in [5.41, 5.74) is 3.18. The van der Waals surface area contributed by atoms with Gasteiger partial charge in [0.15, 0.2) is 17.3 Å². The lowest BCUT2D eigenvalue weighted by molar-refractivity contribution is -0.114. The average molecular weight is 367 g/mol. The Morgan fingerprint density at radius 2 is 1.96 bits per heavy atom. The molecule has 142 valence electrons. The van der Waals surface area contributed by atoms with E-state index >= 15 is 0 Å². The Hall–Kier alpha value is -2.53. The van der Waals surface area contributed by atoms with E-state index in [0.29, 0.717) is 17.6 Å². The van der Waals surface area contributed by atoms with Crippen molar-refractivity contribution in [2.75, 3.05) is 34.4 Å². The van der Waals surface area contributed by atoms with E-state index in [1.807, 2.05) is 12.2 Å². The van der Waals surface area contributed by atoms with E-state index in [2.05, 4.69) is 23.6 Å². The van der Waals surface area contributed by atoms with Crippen molar-refractivity contribution in [1.29, 1.82) is 0 Å². The molecule has 3 aliphatic rings. The first kappa shape index (κ1) is 17.9. The Balaban J connectivity index is 1.94. The topological polar surface area (TPSA) is 48.0 Å². The normalized spacial score (nSPS) is 26.3. The molecule has 4 rings (SSSR count). The Kier molecular flexibility index (Phi) is 4.35. The molecule has 27 heavy (non-hydrogen) atoms. The molecule has 0 saturated carbocycles. The number of carbonyl (C=O) groups is 1. The number of fused-ring (bicyclic) bond motifs is 2. The molecular formula is C22H25NO4. The molecule has 1 aromatic rings. The monoisotopic (exact) mass is 367 g/mol. The molecule has 2 unspecified atom stereocenters. The quantitative estimate of drug-likeness (QED) is 0.749. The van der Waals surface area contributed by atoms with Crippen LogP contribution in [0.25, 0.3) is 0 Å².